The first-order valence-electron chi connectivity index (χ1n) is 10.4. The Labute approximate surface area is 182 Å². The minimum absolute atomic E-state index is 0.0433. The van der Waals surface area contributed by atoms with Crippen LogP contribution in [0.2, 0.25) is 0 Å². The maximum absolute atomic E-state index is 12.5. The van der Waals surface area contributed by atoms with Crippen LogP contribution in [-0.2, 0) is 20.9 Å². The molecule has 1 aromatic heterocycles. The van der Waals surface area contributed by atoms with Crippen molar-refractivity contribution in [3.8, 4) is 0 Å². The number of ether oxygens (including phenoxy) is 1. The summed E-state index contributed by atoms with van der Waals surface area (Å²) in [5.74, 6) is -0.376. The summed E-state index contributed by atoms with van der Waals surface area (Å²) in [4.78, 5) is 28.2. The highest BCUT2D eigenvalue weighted by Crippen LogP contribution is 2.21. The van der Waals surface area contributed by atoms with Gasteiger partial charge in [0.05, 0.1) is 19.2 Å². The number of aryl methyl sites for hydroxylation is 3. The van der Waals surface area contributed by atoms with E-state index in [-0.39, 0.29) is 31.0 Å². The van der Waals surface area contributed by atoms with Gasteiger partial charge in [-0.05, 0) is 56.2 Å². The number of benzene rings is 1. The monoisotopic (exact) mass is 429 g/mol. The van der Waals surface area contributed by atoms with Crippen molar-refractivity contribution < 1.29 is 14.3 Å². The normalized spacial score (nSPS) is 16.1. The van der Waals surface area contributed by atoms with Crippen LogP contribution < -0.4 is 10.6 Å². The Hall–Kier alpha value is -2.22. The van der Waals surface area contributed by atoms with Gasteiger partial charge in [-0.2, -0.15) is 0 Å². The van der Waals surface area contributed by atoms with Crippen LogP contribution in [0.3, 0.4) is 0 Å². The highest BCUT2D eigenvalue weighted by atomic mass is 32.1. The van der Waals surface area contributed by atoms with Crippen LogP contribution in [-0.4, -0.2) is 49.1 Å². The van der Waals surface area contributed by atoms with Gasteiger partial charge < -0.3 is 15.4 Å². The van der Waals surface area contributed by atoms with Crippen LogP contribution >= 0.6 is 11.3 Å². The van der Waals surface area contributed by atoms with E-state index in [0.29, 0.717) is 6.54 Å². The van der Waals surface area contributed by atoms with Crippen molar-refractivity contribution in [3.63, 3.8) is 0 Å². The maximum atomic E-state index is 12.5. The molecule has 6 nitrogen and oxygen atoms in total. The first kappa shape index (κ1) is 22.5. The van der Waals surface area contributed by atoms with Crippen molar-refractivity contribution in [1.29, 1.82) is 0 Å². The summed E-state index contributed by atoms with van der Waals surface area (Å²) in [7, 11) is 0. The zero-order chi connectivity index (χ0) is 21.5. The molecule has 1 aromatic carbocycles. The highest BCUT2D eigenvalue weighted by Gasteiger charge is 2.21. The van der Waals surface area contributed by atoms with Gasteiger partial charge >= 0.3 is 0 Å². The third-order valence-corrected chi connectivity index (χ3v) is 6.06. The van der Waals surface area contributed by atoms with Crippen molar-refractivity contribution >= 4 is 28.8 Å². The number of hydrogen-bond acceptors (Lipinski definition) is 5. The SMILES string of the molecule is Cc1cc(C)c(NC(=O)CNC(=O)CN(Cc2cccs2)C[C@H]2CCCO2)c(C)c1. The van der Waals surface area contributed by atoms with Crippen LogP contribution in [0.4, 0.5) is 5.69 Å². The summed E-state index contributed by atoms with van der Waals surface area (Å²) in [5, 5.41) is 7.72. The van der Waals surface area contributed by atoms with Gasteiger partial charge in [-0.15, -0.1) is 11.3 Å². The molecule has 1 aliphatic rings. The van der Waals surface area contributed by atoms with Crippen LogP contribution in [0.25, 0.3) is 0 Å². The number of hydrogen-bond donors (Lipinski definition) is 2. The summed E-state index contributed by atoms with van der Waals surface area (Å²) in [5.41, 5.74) is 4.02. The Bertz CT molecular complexity index is 838. The number of nitrogens with one attached hydrogen (secondary N) is 2. The van der Waals surface area contributed by atoms with Gasteiger partial charge in [-0.3, -0.25) is 14.5 Å². The molecule has 2 aromatic rings. The third-order valence-electron chi connectivity index (χ3n) is 5.20. The molecular formula is C23H31N3O3S. The second kappa shape index (κ2) is 10.7. The van der Waals surface area contributed by atoms with Crippen molar-refractivity contribution in [1.82, 2.24) is 10.2 Å². The van der Waals surface area contributed by atoms with Crippen LogP contribution in [0.5, 0.6) is 0 Å². The van der Waals surface area contributed by atoms with E-state index in [1.54, 1.807) is 11.3 Å². The smallest absolute Gasteiger partial charge is 0.243 e. The molecule has 7 heteroatoms. The van der Waals surface area contributed by atoms with E-state index in [9.17, 15) is 9.59 Å². The lowest BCUT2D eigenvalue weighted by Gasteiger charge is -2.24. The molecule has 2 heterocycles. The molecule has 162 valence electrons. The van der Waals surface area contributed by atoms with Gasteiger partial charge in [0.2, 0.25) is 11.8 Å². The van der Waals surface area contributed by atoms with Crippen LogP contribution in [0, 0.1) is 20.8 Å². The van der Waals surface area contributed by atoms with Crippen molar-refractivity contribution in [2.75, 3.05) is 31.6 Å². The lowest BCUT2D eigenvalue weighted by Crippen LogP contribution is -2.42. The predicted octanol–water partition coefficient (Wildman–Crippen LogP) is 3.41. The van der Waals surface area contributed by atoms with Gasteiger partial charge in [-0.1, -0.05) is 23.8 Å². The highest BCUT2D eigenvalue weighted by molar-refractivity contribution is 7.09. The fraction of sp³-hybridized carbons (Fsp3) is 0.478. The van der Waals surface area contributed by atoms with E-state index in [1.165, 1.54) is 4.88 Å². The van der Waals surface area contributed by atoms with Gasteiger partial charge in [0.15, 0.2) is 0 Å². The number of anilines is 1. The summed E-state index contributed by atoms with van der Waals surface area (Å²) in [6, 6.07) is 8.16. The van der Waals surface area contributed by atoms with E-state index >= 15 is 0 Å². The molecule has 3 rings (SSSR count). The Balaban J connectivity index is 1.51. The molecule has 0 spiro atoms. The number of carbonyl (C=O) groups is 2. The molecule has 0 saturated carbocycles. The van der Waals surface area contributed by atoms with Crippen molar-refractivity contribution in [2.24, 2.45) is 0 Å². The summed E-state index contributed by atoms with van der Waals surface area (Å²) in [6.07, 6.45) is 2.27. The lowest BCUT2D eigenvalue weighted by atomic mass is 10.1. The fourth-order valence-corrected chi connectivity index (χ4v) is 4.63. The third kappa shape index (κ3) is 6.65. The fourth-order valence-electron chi connectivity index (χ4n) is 3.88. The van der Waals surface area contributed by atoms with Crippen LogP contribution in [0.1, 0.15) is 34.4 Å². The quantitative estimate of drug-likeness (QED) is 0.641. The Kier molecular flexibility index (Phi) is 8.01. The molecule has 0 aliphatic carbocycles. The number of rotatable bonds is 9. The number of amides is 2. The Morgan fingerprint density at radius 1 is 1.20 bits per heavy atom. The van der Waals surface area contributed by atoms with E-state index in [1.807, 2.05) is 44.4 Å². The standard InChI is InChI=1S/C23H31N3O3S/c1-16-10-17(2)23(18(3)11-16)25-21(27)12-24-22(28)15-26(13-19-6-4-8-29-19)14-20-7-5-9-30-20/h5,7,9-11,19H,4,6,8,12-15H2,1-3H3,(H,24,28)(H,25,27)/t19-/m1/s1. The molecule has 1 atom stereocenters. The van der Waals surface area contributed by atoms with Crippen LogP contribution in [0.15, 0.2) is 29.6 Å². The lowest BCUT2D eigenvalue weighted by molar-refractivity contribution is -0.125. The molecular weight excluding hydrogens is 398 g/mol. The maximum Gasteiger partial charge on any atom is 0.243 e. The Morgan fingerprint density at radius 2 is 1.97 bits per heavy atom. The topological polar surface area (TPSA) is 70.7 Å². The largest absolute Gasteiger partial charge is 0.377 e. The number of nitrogens with zero attached hydrogens (tertiary/aromatic N) is 1. The molecule has 1 saturated heterocycles. The van der Waals surface area contributed by atoms with E-state index in [0.717, 1.165) is 48.4 Å². The summed E-state index contributed by atoms with van der Waals surface area (Å²) >= 11 is 1.68. The average molecular weight is 430 g/mol. The van der Waals surface area contributed by atoms with E-state index in [2.05, 4.69) is 21.6 Å². The van der Waals surface area contributed by atoms with Gasteiger partial charge in [-0.25, -0.2) is 0 Å². The molecule has 30 heavy (non-hydrogen) atoms. The zero-order valence-electron chi connectivity index (χ0n) is 18.0. The first-order chi connectivity index (χ1) is 14.4. The summed E-state index contributed by atoms with van der Waals surface area (Å²) < 4.78 is 5.75. The first-order valence-corrected chi connectivity index (χ1v) is 11.3. The van der Waals surface area contributed by atoms with E-state index in [4.69, 9.17) is 4.74 Å². The van der Waals surface area contributed by atoms with Gasteiger partial charge in [0, 0.05) is 30.3 Å². The second-order valence-corrected chi connectivity index (χ2v) is 9.01. The number of thiophene rings is 1. The van der Waals surface area contributed by atoms with Crippen molar-refractivity contribution in [3.05, 3.63) is 51.2 Å². The molecule has 2 amide bonds. The predicted molar refractivity (Wildman–Crippen MR) is 121 cm³/mol. The minimum atomic E-state index is -0.220. The number of carbonyl (C=O) groups excluding carboxylic acids is 2. The Morgan fingerprint density at radius 3 is 2.60 bits per heavy atom. The van der Waals surface area contributed by atoms with Crippen molar-refractivity contribution in [2.45, 2.75) is 46.3 Å². The molecule has 2 N–H and O–H groups in total. The van der Waals surface area contributed by atoms with Gasteiger partial charge in [0.25, 0.3) is 0 Å². The second-order valence-electron chi connectivity index (χ2n) is 7.98. The van der Waals surface area contributed by atoms with E-state index < -0.39 is 0 Å². The molecule has 0 radical (unpaired) electrons. The zero-order valence-corrected chi connectivity index (χ0v) is 18.8. The molecule has 0 unspecified atom stereocenters. The average Bonchev–Trinajstić information content (AvgIpc) is 3.37. The van der Waals surface area contributed by atoms with Gasteiger partial charge in [0.1, 0.15) is 0 Å². The molecule has 0 bridgehead atoms. The summed E-state index contributed by atoms with van der Waals surface area (Å²) in [6.45, 7) is 8.40. The minimum Gasteiger partial charge on any atom is -0.377 e. The molecule has 1 fully saturated rings. The molecule has 1 aliphatic heterocycles.